The Morgan fingerprint density at radius 3 is 1.68 bits per heavy atom. The number of primary amides is 2. The topological polar surface area (TPSA) is 301 Å². The molecule has 22 nitrogen and oxygen atoms in total. The number of nitrogens with two attached hydrogens (primary N) is 2. The highest BCUT2D eigenvalue weighted by Gasteiger charge is 2.24. The number of carboxylic acids is 1. The maximum Gasteiger partial charge on any atom is 0.304 e. The number of carbonyl (C=O) groups excluding carboxylic acids is 5. The van der Waals surface area contributed by atoms with E-state index in [1.165, 1.54) is 38.3 Å². The molecule has 0 unspecified atom stereocenters. The summed E-state index contributed by atoms with van der Waals surface area (Å²) in [6.07, 6.45) is 3.58. The van der Waals surface area contributed by atoms with Gasteiger partial charge in [-0.1, -0.05) is 19.1 Å². The van der Waals surface area contributed by atoms with Gasteiger partial charge in [0.1, 0.15) is 33.9 Å². The van der Waals surface area contributed by atoms with Crippen LogP contribution in [-0.4, -0.2) is 99.5 Å². The first-order valence-corrected chi connectivity index (χ1v) is 20.7. The molecule has 4 heterocycles. The third kappa shape index (κ3) is 10.4. The number of ether oxygens (including phenoxy) is 2. The molecule has 6 rings (SSSR count). The molecule has 4 aromatic heterocycles. The third-order valence-electron chi connectivity index (χ3n) is 10.3. The van der Waals surface area contributed by atoms with Crippen LogP contribution < -0.4 is 36.9 Å². The molecule has 22 heteroatoms. The van der Waals surface area contributed by atoms with Crippen molar-refractivity contribution >= 4 is 69.5 Å². The van der Waals surface area contributed by atoms with Crippen molar-refractivity contribution in [2.75, 3.05) is 30.9 Å². The maximum absolute atomic E-state index is 13.8. The summed E-state index contributed by atoms with van der Waals surface area (Å²) in [6.45, 7) is 10.1. The molecular formula is C43H51N13O9. The van der Waals surface area contributed by atoms with Crippen LogP contribution in [0.2, 0.25) is 0 Å². The number of amides is 5. The zero-order valence-corrected chi connectivity index (χ0v) is 36.8. The second-order valence-electron chi connectivity index (χ2n) is 15.1. The largest absolute Gasteiger partial charge is 0.494 e. The van der Waals surface area contributed by atoms with E-state index in [0.717, 1.165) is 0 Å². The van der Waals surface area contributed by atoms with Gasteiger partial charge >= 0.3 is 5.97 Å². The SMILES string of the molecule is CCn1nc(C)cc1C(=O)Nc1nc2cc(C(N)=O)cc(OC)c2n1C/C=C/Cn1c(NC(=O)c2cc(C)nn2CC)nc2cc(C(N)=O)cc(OCCCNC(=O)[C@@H](C)CC(=O)O)c21. The molecule has 0 fully saturated rings. The predicted molar refractivity (Wildman–Crippen MR) is 238 cm³/mol. The summed E-state index contributed by atoms with van der Waals surface area (Å²) in [5.74, 6) is -3.91. The Bertz CT molecular complexity index is 2850. The molecule has 0 radical (unpaired) electrons. The Hall–Kier alpha value is -8.04. The molecule has 342 valence electrons. The summed E-state index contributed by atoms with van der Waals surface area (Å²) in [6, 6.07) is 9.25. The van der Waals surface area contributed by atoms with E-state index in [2.05, 4.69) is 31.1 Å². The van der Waals surface area contributed by atoms with Gasteiger partial charge in [0.15, 0.2) is 0 Å². The quantitative estimate of drug-likeness (QED) is 0.0447. The van der Waals surface area contributed by atoms with E-state index in [1.807, 2.05) is 13.8 Å². The number of aryl methyl sites for hydroxylation is 4. The number of fused-ring (bicyclic) bond motifs is 2. The third-order valence-corrected chi connectivity index (χ3v) is 10.3. The summed E-state index contributed by atoms with van der Waals surface area (Å²) in [4.78, 5) is 85.1. The van der Waals surface area contributed by atoms with Crippen LogP contribution in [0.4, 0.5) is 11.9 Å². The molecule has 8 N–H and O–H groups in total. The number of aromatic nitrogens is 8. The number of carbonyl (C=O) groups is 6. The van der Waals surface area contributed by atoms with Gasteiger partial charge in [-0.15, -0.1) is 0 Å². The van der Waals surface area contributed by atoms with E-state index in [1.54, 1.807) is 56.6 Å². The highest BCUT2D eigenvalue weighted by Crippen LogP contribution is 2.33. The van der Waals surface area contributed by atoms with E-state index >= 15 is 0 Å². The molecule has 0 aliphatic rings. The Labute approximate surface area is 371 Å². The lowest BCUT2D eigenvalue weighted by Crippen LogP contribution is -2.31. The molecule has 0 aliphatic heterocycles. The van der Waals surface area contributed by atoms with Gasteiger partial charge in [0.25, 0.3) is 11.8 Å². The maximum atomic E-state index is 13.8. The number of hydrogen-bond donors (Lipinski definition) is 6. The molecule has 0 bridgehead atoms. The van der Waals surface area contributed by atoms with E-state index in [0.29, 0.717) is 58.8 Å². The monoisotopic (exact) mass is 893 g/mol. The molecule has 5 amide bonds. The van der Waals surface area contributed by atoms with Gasteiger partial charge in [-0.2, -0.15) is 10.2 Å². The van der Waals surface area contributed by atoms with E-state index in [9.17, 15) is 28.8 Å². The molecule has 0 saturated heterocycles. The van der Waals surface area contributed by atoms with Crippen LogP contribution in [0.15, 0.2) is 48.6 Å². The number of imidazole rings is 2. The zero-order valence-electron chi connectivity index (χ0n) is 36.8. The van der Waals surface area contributed by atoms with Crippen LogP contribution in [0.3, 0.4) is 0 Å². The summed E-state index contributed by atoms with van der Waals surface area (Å²) in [5, 5.41) is 26.3. The van der Waals surface area contributed by atoms with Crippen LogP contribution >= 0.6 is 0 Å². The van der Waals surface area contributed by atoms with Gasteiger partial charge in [0, 0.05) is 49.8 Å². The Kier molecular flexibility index (Phi) is 14.3. The van der Waals surface area contributed by atoms with Crippen LogP contribution in [0, 0.1) is 19.8 Å². The number of carboxylic acid groups (broad SMARTS) is 1. The van der Waals surface area contributed by atoms with Gasteiger partial charge < -0.3 is 40.5 Å². The van der Waals surface area contributed by atoms with Crippen LogP contribution in [0.5, 0.6) is 11.5 Å². The lowest BCUT2D eigenvalue weighted by Gasteiger charge is -2.14. The van der Waals surface area contributed by atoms with Crippen molar-refractivity contribution in [3.8, 4) is 11.5 Å². The second-order valence-corrected chi connectivity index (χ2v) is 15.1. The number of allylic oxidation sites excluding steroid dienone is 2. The van der Waals surface area contributed by atoms with Gasteiger partial charge in [-0.25, -0.2) is 9.97 Å². The number of benzene rings is 2. The predicted octanol–water partition coefficient (Wildman–Crippen LogP) is 3.40. The molecule has 0 saturated carbocycles. The van der Waals surface area contributed by atoms with Gasteiger partial charge in [0.2, 0.25) is 29.6 Å². The molecule has 0 aliphatic carbocycles. The average molecular weight is 894 g/mol. The average Bonchev–Trinajstić information content (AvgIpc) is 4.03. The molecule has 1 atom stereocenters. The standard InChI is InChI=1S/C43H51N13O9/c1-7-55-30(17-24(4)51-55)40(62)49-42-47-28-19-26(37(44)59)21-32(64-6)35(28)53(42)13-9-10-14-54-36-29(48-43(54)50-41(63)31-18-25(5)52-56(31)8-2)20-27(38(45)60)22-33(36)65-15-11-12-46-39(61)23(3)16-34(57)58/h9-10,17-23H,7-8,11-16H2,1-6H3,(H2,44,59)(H2,45,60)(H,46,61)(H,57,58)(H,47,49,62)(H,48,50,63)/b10-9+/t23-/m0/s1. The minimum atomic E-state index is -1.08. The van der Waals surface area contributed by atoms with Crippen molar-refractivity contribution in [2.45, 2.75) is 73.6 Å². The summed E-state index contributed by atoms with van der Waals surface area (Å²) in [7, 11) is 1.44. The number of hydrogen-bond acceptors (Lipinski definition) is 12. The molecule has 65 heavy (non-hydrogen) atoms. The van der Waals surface area contributed by atoms with Crippen molar-refractivity contribution in [3.63, 3.8) is 0 Å². The Morgan fingerprint density at radius 2 is 1.23 bits per heavy atom. The van der Waals surface area contributed by atoms with Gasteiger partial charge in [0.05, 0.1) is 42.6 Å². The normalized spacial score (nSPS) is 11.8. The van der Waals surface area contributed by atoms with Crippen LogP contribution in [0.1, 0.15) is 86.7 Å². The lowest BCUT2D eigenvalue weighted by atomic mass is 10.1. The fourth-order valence-corrected chi connectivity index (χ4v) is 7.18. The van der Waals surface area contributed by atoms with Gasteiger partial charge in [-0.05, 0) is 70.5 Å². The van der Waals surface area contributed by atoms with Crippen LogP contribution in [0.25, 0.3) is 22.1 Å². The molecule has 0 spiro atoms. The molecular weight excluding hydrogens is 843 g/mol. The van der Waals surface area contributed by atoms with E-state index < -0.39 is 41.4 Å². The number of methoxy groups -OCH3 is 1. The van der Waals surface area contributed by atoms with Crippen molar-refractivity contribution < 1.29 is 43.3 Å². The van der Waals surface area contributed by atoms with Crippen molar-refractivity contribution in [2.24, 2.45) is 17.4 Å². The minimum Gasteiger partial charge on any atom is -0.494 e. The summed E-state index contributed by atoms with van der Waals surface area (Å²) in [5.41, 5.74) is 15.0. The Morgan fingerprint density at radius 1 is 0.754 bits per heavy atom. The van der Waals surface area contributed by atoms with Gasteiger partial charge in [-0.3, -0.25) is 48.8 Å². The Balaban J connectivity index is 1.37. The van der Waals surface area contributed by atoms with Crippen LogP contribution in [-0.2, 0) is 35.8 Å². The second kappa shape index (κ2) is 20.0. The fourth-order valence-electron chi connectivity index (χ4n) is 7.18. The number of aliphatic carboxylic acids is 1. The first-order chi connectivity index (χ1) is 31.0. The first kappa shape index (κ1) is 46.5. The number of anilines is 2. The summed E-state index contributed by atoms with van der Waals surface area (Å²) < 4.78 is 18.4. The highest BCUT2D eigenvalue weighted by atomic mass is 16.5. The number of nitrogens with zero attached hydrogens (tertiary/aromatic N) is 8. The van der Waals surface area contributed by atoms with E-state index in [4.69, 9.17) is 31.0 Å². The lowest BCUT2D eigenvalue weighted by molar-refractivity contribution is -0.140. The zero-order chi connectivity index (χ0) is 47.1. The number of nitrogens with one attached hydrogen (secondary N) is 3. The molecule has 6 aromatic rings. The van der Waals surface area contributed by atoms with Crippen molar-refractivity contribution in [1.29, 1.82) is 0 Å². The van der Waals surface area contributed by atoms with Crippen molar-refractivity contribution in [1.82, 2.24) is 44.0 Å². The number of rotatable bonds is 21. The minimum absolute atomic E-state index is 0.0582. The highest BCUT2D eigenvalue weighted by molar-refractivity contribution is 6.05. The van der Waals surface area contributed by atoms with E-state index in [-0.39, 0.29) is 72.7 Å². The summed E-state index contributed by atoms with van der Waals surface area (Å²) >= 11 is 0. The molecule has 2 aromatic carbocycles. The smallest absolute Gasteiger partial charge is 0.304 e. The van der Waals surface area contributed by atoms with Crippen molar-refractivity contribution in [3.05, 3.63) is 82.5 Å². The first-order valence-electron chi connectivity index (χ1n) is 20.7. The fraction of sp³-hybridized carbons (Fsp3) is 0.349.